The summed E-state index contributed by atoms with van der Waals surface area (Å²) >= 11 is 0. The zero-order chi connectivity index (χ0) is 30.1. The van der Waals surface area contributed by atoms with E-state index in [1.807, 2.05) is 12.4 Å². The molecule has 0 aliphatic carbocycles. The summed E-state index contributed by atoms with van der Waals surface area (Å²) in [6, 6.07) is 21.9. The number of para-hydroxylation sites is 2. The lowest BCUT2D eigenvalue weighted by Gasteiger charge is -2.11. The molecule has 0 atom stereocenters. The molecule has 0 amide bonds. The first-order valence-electron chi connectivity index (χ1n) is 16.9. The summed E-state index contributed by atoms with van der Waals surface area (Å²) in [6.07, 6.45) is 13.5. The average molecular weight is 589 g/mol. The minimum Gasteiger partial charge on any atom is -0.339 e. The van der Waals surface area contributed by atoms with Crippen LogP contribution < -0.4 is 10.6 Å². The number of aromatic nitrogens is 4. The van der Waals surface area contributed by atoms with Gasteiger partial charge in [-0.3, -0.25) is 9.97 Å². The Morgan fingerprint density at radius 3 is 1.43 bits per heavy atom. The number of benzene rings is 2. The smallest absolute Gasteiger partial charge is 0.0784 e. The van der Waals surface area contributed by atoms with E-state index < -0.39 is 0 Å². The molecule has 0 saturated heterocycles. The number of hydrogen-bond acceptors (Lipinski definition) is 4. The van der Waals surface area contributed by atoms with Gasteiger partial charge in [-0.2, -0.15) is 0 Å². The largest absolute Gasteiger partial charge is 0.339 e. The molecular formula is C38H48N6. The van der Waals surface area contributed by atoms with Gasteiger partial charge in [0.1, 0.15) is 0 Å². The molecule has 230 valence electrons. The number of hydrogen-bond donors (Lipinski definition) is 2. The highest BCUT2D eigenvalue weighted by molar-refractivity contribution is 6.09. The maximum Gasteiger partial charge on any atom is 0.0784 e. The molecule has 44 heavy (non-hydrogen) atoms. The van der Waals surface area contributed by atoms with Gasteiger partial charge >= 0.3 is 0 Å². The summed E-state index contributed by atoms with van der Waals surface area (Å²) in [6.45, 7) is 10.3. The lowest BCUT2D eigenvalue weighted by atomic mass is 10.1. The normalized spacial score (nSPS) is 12.0. The minimum absolute atomic E-state index is 0.814. The molecule has 2 N–H and O–H groups in total. The zero-order valence-corrected chi connectivity index (χ0v) is 26.6. The number of aryl methyl sites for hydroxylation is 2. The highest BCUT2D eigenvalue weighted by Gasteiger charge is 2.15. The topological polar surface area (TPSA) is 59.7 Å². The monoisotopic (exact) mass is 588 g/mol. The van der Waals surface area contributed by atoms with E-state index in [0.29, 0.717) is 0 Å². The third-order valence-electron chi connectivity index (χ3n) is 9.02. The van der Waals surface area contributed by atoms with Gasteiger partial charge in [0.15, 0.2) is 0 Å². The molecule has 0 fully saturated rings. The first-order valence-corrected chi connectivity index (χ1v) is 16.9. The van der Waals surface area contributed by atoms with Crippen LogP contribution in [0.4, 0.5) is 0 Å². The Morgan fingerprint density at radius 2 is 0.977 bits per heavy atom. The predicted molar refractivity (Wildman–Crippen MR) is 186 cm³/mol. The quantitative estimate of drug-likeness (QED) is 0.105. The van der Waals surface area contributed by atoms with E-state index in [2.05, 4.69) is 94.3 Å². The molecule has 0 saturated carbocycles. The van der Waals surface area contributed by atoms with Crippen molar-refractivity contribution in [1.82, 2.24) is 29.7 Å². The predicted octanol–water partition coefficient (Wildman–Crippen LogP) is 8.73. The van der Waals surface area contributed by atoms with Gasteiger partial charge < -0.3 is 19.8 Å². The first kappa shape index (κ1) is 30.3. The molecule has 0 bridgehead atoms. The van der Waals surface area contributed by atoms with Crippen LogP contribution in [0, 0.1) is 0 Å². The summed E-state index contributed by atoms with van der Waals surface area (Å²) in [5.74, 6) is 0. The third kappa shape index (κ3) is 6.38. The Morgan fingerprint density at radius 1 is 0.523 bits per heavy atom. The van der Waals surface area contributed by atoms with Crippen LogP contribution in [-0.2, 0) is 26.2 Å². The number of nitrogens with one attached hydrogen (secondary N) is 2. The van der Waals surface area contributed by atoms with Crippen LogP contribution in [0.3, 0.4) is 0 Å². The van der Waals surface area contributed by atoms with Crippen LogP contribution in [0.15, 0.2) is 73.1 Å². The third-order valence-corrected chi connectivity index (χ3v) is 9.02. The van der Waals surface area contributed by atoms with E-state index >= 15 is 0 Å². The fourth-order valence-electron chi connectivity index (χ4n) is 6.77. The molecule has 0 radical (unpaired) electrons. The highest BCUT2D eigenvalue weighted by Crippen LogP contribution is 2.32. The molecule has 4 heterocycles. The Hall–Kier alpha value is -3.74. The van der Waals surface area contributed by atoms with Crippen LogP contribution in [0.25, 0.3) is 43.6 Å². The summed E-state index contributed by atoms with van der Waals surface area (Å²) < 4.78 is 4.98. The van der Waals surface area contributed by atoms with Gasteiger partial charge in [-0.1, -0.05) is 75.9 Å². The number of unbranched alkanes of at least 4 members (excludes halogenated alkanes) is 5. The van der Waals surface area contributed by atoms with Gasteiger partial charge in [-0.05, 0) is 63.0 Å². The van der Waals surface area contributed by atoms with Crippen LogP contribution in [0.1, 0.15) is 76.6 Å². The zero-order valence-electron chi connectivity index (χ0n) is 26.6. The van der Waals surface area contributed by atoms with E-state index in [0.717, 1.165) is 50.7 Å². The Kier molecular flexibility index (Phi) is 10.2. The van der Waals surface area contributed by atoms with E-state index in [4.69, 9.17) is 9.97 Å². The van der Waals surface area contributed by atoms with E-state index in [9.17, 15) is 0 Å². The van der Waals surface area contributed by atoms with Crippen LogP contribution in [0.5, 0.6) is 0 Å². The average Bonchev–Trinajstić information content (AvgIpc) is 3.57. The van der Waals surface area contributed by atoms with Gasteiger partial charge in [-0.15, -0.1) is 0 Å². The van der Waals surface area contributed by atoms with Gasteiger partial charge in [-0.25, -0.2) is 0 Å². The van der Waals surface area contributed by atoms with Crippen molar-refractivity contribution in [2.45, 2.75) is 91.4 Å². The Bertz CT molecular complexity index is 1680. The summed E-state index contributed by atoms with van der Waals surface area (Å²) in [5.41, 5.74) is 7.58. The van der Waals surface area contributed by atoms with Gasteiger partial charge in [0, 0.05) is 71.2 Å². The molecule has 0 spiro atoms. The SMILES string of the molecule is CCCCn1c2ccccc2c2ccnc(CNCCCCCCNCc3nccc4c5ccccc5n(CCCC)c34)c21. The number of rotatable bonds is 17. The molecule has 0 unspecified atom stereocenters. The van der Waals surface area contributed by atoms with Gasteiger partial charge in [0.05, 0.1) is 22.4 Å². The van der Waals surface area contributed by atoms with Crippen molar-refractivity contribution < 1.29 is 0 Å². The summed E-state index contributed by atoms with van der Waals surface area (Å²) in [7, 11) is 0. The van der Waals surface area contributed by atoms with Crippen LogP contribution in [0.2, 0.25) is 0 Å². The Labute approximate surface area is 261 Å². The van der Waals surface area contributed by atoms with Crippen molar-refractivity contribution in [3.8, 4) is 0 Å². The highest BCUT2D eigenvalue weighted by atomic mass is 15.0. The molecule has 4 aromatic heterocycles. The second-order valence-electron chi connectivity index (χ2n) is 12.1. The molecule has 0 aliphatic heterocycles. The lowest BCUT2D eigenvalue weighted by molar-refractivity contribution is 0.559. The summed E-state index contributed by atoms with van der Waals surface area (Å²) in [4.78, 5) is 9.63. The lowest BCUT2D eigenvalue weighted by Crippen LogP contribution is -2.17. The van der Waals surface area contributed by atoms with Crippen molar-refractivity contribution >= 4 is 43.6 Å². The molecule has 2 aromatic carbocycles. The van der Waals surface area contributed by atoms with E-state index in [-0.39, 0.29) is 0 Å². The van der Waals surface area contributed by atoms with Crippen molar-refractivity contribution in [3.05, 3.63) is 84.4 Å². The van der Waals surface area contributed by atoms with E-state index in [1.54, 1.807) is 0 Å². The molecule has 0 aliphatic rings. The first-order chi connectivity index (χ1) is 21.8. The van der Waals surface area contributed by atoms with Gasteiger partial charge in [0.2, 0.25) is 0 Å². The van der Waals surface area contributed by atoms with Crippen LogP contribution >= 0.6 is 0 Å². The molecule has 6 rings (SSSR count). The molecule has 6 heteroatoms. The Balaban J connectivity index is 0.969. The second kappa shape index (κ2) is 14.8. The number of pyridine rings is 2. The van der Waals surface area contributed by atoms with Crippen LogP contribution in [-0.4, -0.2) is 32.2 Å². The molecular weight excluding hydrogens is 540 g/mol. The maximum atomic E-state index is 4.82. The summed E-state index contributed by atoms with van der Waals surface area (Å²) in [5, 5.41) is 12.7. The van der Waals surface area contributed by atoms with Gasteiger partial charge in [0.25, 0.3) is 0 Å². The minimum atomic E-state index is 0.814. The van der Waals surface area contributed by atoms with Crippen molar-refractivity contribution in [2.75, 3.05) is 13.1 Å². The molecule has 6 aromatic rings. The maximum absolute atomic E-state index is 4.82. The second-order valence-corrected chi connectivity index (χ2v) is 12.1. The van der Waals surface area contributed by atoms with E-state index in [1.165, 1.54) is 95.0 Å². The van der Waals surface area contributed by atoms with Crippen molar-refractivity contribution in [1.29, 1.82) is 0 Å². The number of nitrogens with zero attached hydrogens (tertiary/aromatic N) is 4. The molecule has 6 nitrogen and oxygen atoms in total. The van der Waals surface area contributed by atoms with Crippen molar-refractivity contribution in [2.24, 2.45) is 0 Å². The fraction of sp³-hybridized carbons (Fsp3) is 0.421. The number of fused-ring (bicyclic) bond motifs is 6. The standard InChI is InChI=1S/C38H48N6/c1-3-5-25-43-35-17-11-9-15-29(35)31-19-23-41-33(37(31)43)27-39-21-13-7-8-14-22-40-28-34-38-32(20-24-42-34)30-16-10-12-18-36(30)44(38)26-6-4-2/h9-12,15-20,23-24,39-40H,3-8,13-14,21-22,25-28H2,1-2H3. The van der Waals surface area contributed by atoms with Crippen molar-refractivity contribution in [3.63, 3.8) is 0 Å². The fourth-order valence-corrected chi connectivity index (χ4v) is 6.77.